The number of alkyl carbamates (subject to hydrolysis) is 1. The quantitative estimate of drug-likeness (QED) is 0.212. The molecule has 0 aliphatic heterocycles. The van der Waals surface area contributed by atoms with Gasteiger partial charge in [0.2, 0.25) is 0 Å². The summed E-state index contributed by atoms with van der Waals surface area (Å²) in [4.78, 5) is 16.1. The minimum Gasteiger partial charge on any atom is -0.444 e. The normalized spacial score (nSPS) is 11.5. The summed E-state index contributed by atoms with van der Waals surface area (Å²) in [6, 6.07) is 0. The Balaban J connectivity index is 0.00000676. The third-order valence-electron chi connectivity index (χ3n) is 3.31. The Morgan fingerprint density at radius 2 is 1.93 bits per heavy atom. The zero-order valence-electron chi connectivity index (χ0n) is 17.2. The van der Waals surface area contributed by atoms with Crippen LogP contribution in [-0.2, 0) is 18.2 Å². The molecule has 9 heteroatoms. The van der Waals surface area contributed by atoms with Gasteiger partial charge in [-0.1, -0.05) is 0 Å². The van der Waals surface area contributed by atoms with Gasteiger partial charge in [-0.2, -0.15) is 5.10 Å². The van der Waals surface area contributed by atoms with E-state index in [9.17, 15) is 4.79 Å². The molecule has 1 rings (SSSR count). The number of ether oxygens (including phenoxy) is 1. The first-order chi connectivity index (χ1) is 12.3. The lowest BCUT2D eigenvalue weighted by Crippen LogP contribution is -2.38. The van der Waals surface area contributed by atoms with Crippen LogP contribution in [0.5, 0.6) is 0 Å². The molecule has 27 heavy (non-hydrogen) atoms. The molecular formula is C18H35IN6O2. The fraction of sp³-hybridized carbons (Fsp3) is 0.722. The van der Waals surface area contributed by atoms with E-state index in [1.165, 1.54) is 5.56 Å². The number of nitrogens with zero attached hydrogens (tertiary/aromatic N) is 3. The van der Waals surface area contributed by atoms with Crippen LogP contribution >= 0.6 is 24.0 Å². The monoisotopic (exact) mass is 494 g/mol. The number of aliphatic imine (C=N–C) groups is 1. The number of rotatable bonds is 9. The fourth-order valence-electron chi connectivity index (χ4n) is 2.22. The lowest BCUT2D eigenvalue weighted by Gasteiger charge is -2.19. The van der Waals surface area contributed by atoms with Gasteiger partial charge in [-0.15, -0.1) is 24.0 Å². The highest BCUT2D eigenvalue weighted by molar-refractivity contribution is 14.0. The number of carbonyl (C=O) groups is 1. The summed E-state index contributed by atoms with van der Waals surface area (Å²) in [7, 11) is 1.93. The Hall–Kier alpha value is -1.52. The summed E-state index contributed by atoms with van der Waals surface area (Å²) in [5.74, 6) is 0.802. The van der Waals surface area contributed by atoms with Gasteiger partial charge in [0.05, 0.1) is 6.20 Å². The van der Waals surface area contributed by atoms with Gasteiger partial charge < -0.3 is 20.7 Å². The van der Waals surface area contributed by atoms with E-state index in [2.05, 4.69) is 26.0 Å². The molecule has 0 aromatic carbocycles. The van der Waals surface area contributed by atoms with E-state index in [1.807, 2.05) is 51.8 Å². The number of nitrogens with one attached hydrogen (secondary N) is 3. The number of carbonyl (C=O) groups excluding carboxylic acids is 1. The van der Waals surface area contributed by atoms with Crippen LogP contribution < -0.4 is 16.0 Å². The Labute approximate surface area is 179 Å². The summed E-state index contributed by atoms with van der Waals surface area (Å²) >= 11 is 0. The van der Waals surface area contributed by atoms with Crippen molar-refractivity contribution in [1.29, 1.82) is 0 Å². The molecule has 0 bridgehead atoms. The molecule has 0 fully saturated rings. The highest BCUT2D eigenvalue weighted by atomic mass is 127. The van der Waals surface area contributed by atoms with Crippen LogP contribution in [-0.4, -0.2) is 53.6 Å². The first-order valence-electron chi connectivity index (χ1n) is 9.26. The summed E-state index contributed by atoms with van der Waals surface area (Å²) in [6.45, 7) is 10.4. The zero-order chi connectivity index (χ0) is 19.4. The van der Waals surface area contributed by atoms with Crippen LogP contribution in [0.4, 0.5) is 4.79 Å². The topological polar surface area (TPSA) is 92.6 Å². The number of hydrogen-bond donors (Lipinski definition) is 3. The molecule has 0 aliphatic carbocycles. The molecule has 0 unspecified atom stereocenters. The van der Waals surface area contributed by atoms with E-state index >= 15 is 0 Å². The molecule has 0 spiro atoms. The largest absolute Gasteiger partial charge is 0.444 e. The molecule has 0 saturated carbocycles. The summed E-state index contributed by atoms with van der Waals surface area (Å²) in [5.41, 5.74) is 0.768. The van der Waals surface area contributed by atoms with Gasteiger partial charge in [0.25, 0.3) is 0 Å². The lowest BCUT2D eigenvalue weighted by atomic mass is 10.2. The molecule has 8 nitrogen and oxygen atoms in total. The molecule has 1 amide bonds. The molecule has 156 valence electrons. The van der Waals surface area contributed by atoms with Crippen molar-refractivity contribution in [1.82, 2.24) is 25.7 Å². The Bertz CT molecular complexity index is 568. The zero-order valence-corrected chi connectivity index (χ0v) is 19.5. The summed E-state index contributed by atoms with van der Waals surface area (Å²) in [5, 5.41) is 13.5. The average molecular weight is 494 g/mol. The number of guanidine groups is 1. The van der Waals surface area contributed by atoms with Crippen molar-refractivity contribution in [3.63, 3.8) is 0 Å². The predicted octanol–water partition coefficient (Wildman–Crippen LogP) is 2.44. The molecule has 1 heterocycles. The number of aromatic nitrogens is 2. The highest BCUT2D eigenvalue weighted by Gasteiger charge is 2.15. The van der Waals surface area contributed by atoms with E-state index in [1.54, 1.807) is 0 Å². The molecule has 0 radical (unpaired) electrons. The van der Waals surface area contributed by atoms with Crippen LogP contribution in [0.15, 0.2) is 17.4 Å². The van der Waals surface area contributed by atoms with Crippen LogP contribution in [0.1, 0.15) is 46.1 Å². The minimum absolute atomic E-state index is 0. The van der Waals surface area contributed by atoms with Crippen LogP contribution in [0.3, 0.4) is 0 Å². The van der Waals surface area contributed by atoms with Crippen LogP contribution in [0.2, 0.25) is 0 Å². The van der Waals surface area contributed by atoms with Crippen LogP contribution in [0.25, 0.3) is 0 Å². The van der Waals surface area contributed by atoms with Crippen molar-refractivity contribution < 1.29 is 9.53 Å². The first-order valence-corrected chi connectivity index (χ1v) is 9.26. The van der Waals surface area contributed by atoms with Crippen LogP contribution in [0, 0.1) is 0 Å². The van der Waals surface area contributed by atoms with Gasteiger partial charge in [-0.25, -0.2) is 4.79 Å². The smallest absolute Gasteiger partial charge is 0.407 e. The van der Waals surface area contributed by atoms with Gasteiger partial charge in [0.15, 0.2) is 5.96 Å². The van der Waals surface area contributed by atoms with Crippen molar-refractivity contribution in [2.24, 2.45) is 12.0 Å². The Morgan fingerprint density at radius 1 is 1.22 bits per heavy atom. The maximum atomic E-state index is 11.6. The van der Waals surface area contributed by atoms with Crippen molar-refractivity contribution in [3.8, 4) is 0 Å². The van der Waals surface area contributed by atoms with Gasteiger partial charge in [0, 0.05) is 39.4 Å². The standard InChI is InChI=1S/C18H34N6O2.HI/c1-6-19-16(20-10-7-9-15-13-23-24(5)14-15)21-11-8-12-22-17(25)26-18(2,3)4;/h13-14H,6-12H2,1-5H3,(H,22,25)(H2,19,20,21);1H. The van der Waals surface area contributed by atoms with Crippen molar-refractivity contribution in [2.45, 2.75) is 52.6 Å². The molecular weight excluding hydrogens is 459 g/mol. The fourth-order valence-corrected chi connectivity index (χ4v) is 2.22. The van der Waals surface area contributed by atoms with Crippen molar-refractivity contribution in [3.05, 3.63) is 18.0 Å². The third kappa shape index (κ3) is 13.3. The maximum Gasteiger partial charge on any atom is 0.407 e. The molecule has 1 aromatic heterocycles. The van der Waals surface area contributed by atoms with Gasteiger partial charge in [-0.3, -0.25) is 9.67 Å². The SMILES string of the molecule is CCNC(=NCCCNC(=O)OC(C)(C)C)NCCCc1cnn(C)c1.I. The first kappa shape index (κ1) is 25.5. The molecule has 3 N–H and O–H groups in total. The summed E-state index contributed by atoms with van der Waals surface area (Å²) in [6.07, 6.45) is 6.30. The molecule has 0 aliphatic rings. The van der Waals surface area contributed by atoms with E-state index in [0.717, 1.165) is 38.3 Å². The molecule has 1 aromatic rings. The lowest BCUT2D eigenvalue weighted by molar-refractivity contribution is 0.0527. The second-order valence-electron chi connectivity index (χ2n) is 7.10. The highest BCUT2D eigenvalue weighted by Crippen LogP contribution is 2.06. The second-order valence-corrected chi connectivity index (χ2v) is 7.10. The summed E-state index contributed by atoms with van der Waals surface area (Å²) < 4.78 is 7.01. The number of aryl methyl sites for hydroxylation is 2. The Kier molecular flexibility index (Phi) is 12.9. The van der Waals surface area contributed by atoms with Crippen molar-refractivity contribution >= 4 is 36.0 Å². The van der Waals surface area contributed by atoms with E-state index < -0.39 is 5.60 Å². The Morgan fingerprint density at radius 3 is 2.52 bits per heavy atom. The minimum atomic E-state index is -0.472. The number of hydrogen-bond acceptors (Lipinski definition) is 4. The number of amides is 1. The molecule has 0 saturated heterocycles. The third-order valence-corrected chi connectivity index (χ3v) is 3.31. The van der Waals surface area contributed by atoms with E-state index in [0.29, 0.717) is 13.1 Å². The predicted molar refractivity (Wildman–Crippen MR) is 120 cm³/mol. The van der Waals surface area contributed by atoms with Gasteiger partial charge in [0.1, 0.15) is 5.60 Å². The number of halogens is 1. The maximum absolute atomic E-state index is 11.6. The van der Waals surface area contributed by atoms with Gasteiger partial charge in [-0.05, 0) is 52.5 Å². The van der Waals surface area contributed by atoms with E-state index in [-0.39, 0.29) is 30.1 Å². The van der Waals surface area contributed by atoms with Gasteiger partial charge >= 0.3 is 6.09 Å². The average Bonchev–Trinajstić information content (AvgIpc) is 2.94. The van der Waals surface area contributed by atoms with Crippen molar-refractivity contribution in [2.75, 3.05) is 26.2 Å². The molecule has 0 atom stereocenters. The second kappa shape index (κ2) is 13.6. The van der Waals surface area contributed by atoms with E-state index in [4.69, 9.17) is 4.74 Å².